The molecule has 3 N–H and O–H groups in total. The third-order valence-corrected chi connectivity index (χ3v) is 3.17. The zero-order valence-corrected chi connectivity index (χ0v) is 11.9. The molecule has 1 atom stereocenters. The number of nitrogen functional groups attached to an aromatic ring is 1. The molecule has 1 fully saturated rings. The van der Waals surface area contributed by atoms with Crippen molar-refractivity contribution < 1.29 is 14.3 Å². The molecule has 1 amide bonds. The average Bonchev–Trinajstić information content (AvgIpc) is 3.12. The Morgan fingerprint density at radius 2 is 2.25 bits per heavy atom. The smallest absolute Gasteiger partial charge is 0.355 e. The largest absolute Gasteiger partial charge is 0.448 e. The third-order valence-electron chi connectivity index (χ3n) is 3.17. The molecular weight excluding hydrogens is 258 g/mol. The lowest BCUT2D eigenvalue weighted by molar-refractivity contribution is -0.129. The molecule has 110 valence electrons. The molecule has 0 aliphatic heterocycles. The second-order valence-electron chi connectivity index (χ2n) is 5.18. The number of hydrogen-bond acceptors (Lipinski definition) is 4. The van der Waals surface area contributed by atoms with Gasteiger partial charge in [-0.3, -0.25) is 4.79 Å². The summed E-state index contributed by atoms with van der Waals surface area (Å²) in [5.74, 6) is -0.768. The van der Waals surface area contributed by atoms with Crippen LogP contribution in [0.15, 0.2) is 12.3 Å². The quantitative estimate of drug-likeness (QED) is 0.769. The van der Waals surface area contributed by atoms with Crippen molar-refractivity contribution in [2.75, 3.05) is 5.73 Å². The van der Waals surface area contributed by atoms with Crippen LogP contribution in [0.1, 0.15) is 43.6 Å². The Morgan fingerprint density at radius 1 is 1.55 bits per heavy atom. The van der Waals surface area contributed by atoms with Crippen LogP contribution in [0.4, 0.5) is 5.69 Å². The minimum Gasteiger partial charge on any atom is -0.448 e. The molecule has 1 aliphatic rings. The standard InChI is InChI=1S/C14H21N3O3/c1-3-6-17-8-10(15)7-12(17)14(19)20-9(2)13(18)16-11-4-5-11/h7-9,11H,3-6,15H2,1-2H3,(H,16,18). The van der Waals surface area contributed by atoms with E-state index >= 15 is 0 Å². The fourth-order valence-electron chi connectivity index (χ4n) is 1.95. The number of carbonyl (C=O) groups excluding carboxylic acids is 2. The molecule has 0 spiro atoms. The van der Waals surface area contributed by atoms with Gasteiger partial charge in [0.15, 0.2) is 6.10 Å². The van der Waals surface area contributed by atoms with Gasteiger partial charge >= 0.3 is 5.97 Å². The number of nitrogens with one attached hydrogen (secondary N) is 1. The molecule has 20 heavy (non-hydrogen) atoms. The Balaban J connectivity index is 1.97. The highest BCUT2D eigenvalue weighted by atomic mass is 16.5. The molecular formula is C14H21N3O3. The first-order valence-electron chi connectivity index (χ1n) is 6.98. The molecule has 2 rings (SSSR count). The summed E-state index contributed by atoms with van der Waals surface area (Å²) in [4.78, 5) is 23.8. The van der Waals surface area contributed by atoms with Gasteiger partial charge in [0.05, 0.1) is 5.69 Å². The molecule has 0 aromatic carbocycles. The normalized spacial score (nSPS) is 15.7. The molecule has 1 aliphatic carbocycles. The predicted octanol–water partition coefficient (Wildman–Crippen LogP) is 1.30. The monoisotopic (exact) mass is 279 g/mol. The van der Waals surface area contributed by atoms with Crippen LogP contribution in [-0.4, -0.2) is 28.6 Å². The number of nitrogens with zero attached hydrogens (tertiary/aromatic N) is 1. The Labute approximate surface area is 118 Å². The van der Waals surface area contributed by atoms with Crippen LogP contribution in [0.5, 0.6) is 0 Å². The van der Waals surface area contributed by atoms with E-state index < -0.39 is 12.1 Å². The first-order valence-corrected chi connectivity index (χ1v) is 6.98. The van der Waals surface area contributed by atoms with E-state index in [0.29, 0.717) is 17.9 Å². The first kappa shape index (κ1) is 14.4. The van der Waals surface area contributed by atoms with Gasteiger partial charge in [0.25, 0.3) is 5.91 Å². The second kappa shape index (κ2) is 5.98. The van der Waals surface area contributed by atoms with Crippen molar-refractivity contribution in [2.24, 2.45) is 0 Å². The number of nitrogens with two attached hydrogens (primary N) is 1. The summed E-state index contributed by atoms with van der Waals surface area (Å²) < 4.78 is 6.95. The SMILES string of the molecule is CCCn1cc(N)cc1C(=O)OC(C)C(=O)NC1CC1. The average molecular weight is 279 g/mol. The highest BCUT2D eigenvalue weighted by Crippen LogP contribution is 2.19. The molecule has 1 aromatic rings. The van der Waals surface area contributed by atoms with Crippen molar-refractivity contribution in [2.45, 2.75) is 51.8 Å². The molecule has 1 unspecified atom stereocenters. The van der Waals surface area contributed by atoms with Gasteiger partial charge in [0.2, 0.25) is 0 Å². The number of amides is 1. The van der Waals surface area contributed by atoms with Crippen LogP contribution in [0, 0.1) is 0 Å². The lowest BCUT2D eigenvalue weighted by Gasteiger charge is -2.14. The van der Waals surface area contributed by atoms with Crippen molar-refractivity contribution in [3.63, 3.8) is 0 Å². The highest BCUT2D eigenvalue weighted by Gasteiger charge is 2.28. The summed E-state index contributed by atoms with van der Waals surface area (Å²) >= 11 is 0. The van der Waals surface area contributed by atoms with Gasteiger partial charge in [-0.05, 0) is 32.3 Å². The lowest BCUT2D eigenvalue weighted by Crippen LogP contribution is -2.37. The van der Waals surface area contributed by atoms with E-state index in [1.54, 1.807) is 23.8 Å². The van der Waals surface area contributed by atoms with Crippen LogP contribution in [0.3, 0.4) is 0 Å². The number of aryl methyl sites for hydroxylation is 1. The van der Waals surface area contributed by atoms with Crippen LogP contribution in [0.25, 0.3) is 0 Å². The number of aromatic nitrogens is 1. The molecule has 6 nitrogen and oxygen atoms in total. The van der Waals surface area contributed by atoms with Gasteiger partial charge in [-0.25, -0.2) is 4.79 Å². The molecule has 6 heteroatoms. The minimum absolute atomic E-state index is 0.248. The Hall–Kier alpha value is -1.98. The Bertz CT molecular complexity index is 506. The number of anilines is 1. The molecule has 0 radical (unpaired) electrons. The topological polar surface area (TPSA) is 86.3 Å². The van der Waals surface area contributed by atoms with E-state index in [1.807, 2.05) is 6.92 Å². The molecule has 1 heterocycles. The number of esters is 1. The zero-order valence-electron chi connectivity index (χ0n) is 11.9. The van der Waals surface area contributed by atoms with E-state index in [-0.39, 0.29) is 11.9 Å². The maximum absolute atomic E-state index is 12.1. The number of hydrogen-bond donors (Lipinski definition) is 2. The second-order valence-corrected chi connectivity index (χ2v) is 5.18. The van der Waals surface area contributed by atoms with Crippen molar-refractivity contribution in [3.05, 3.63) is 18.0 Å². The number of rotatable bonds is 6. The Kier molecular flexibility index (Phi) is 4.32. The van der Waals surface area contributed by atoms with Crippen LogP contribution < -0.4 is 11.1 Å². The van der Waals surface area contributed by atoms with Gasteiger partial charge in [-0.15, -0.1) is 0 Å². The van der Waals surface area contributed by atoms with E-state index in [9.17, 15) is 9.59 Å². The summed E-state index contributed by atoms with van der Waals surface area (Å²) in [6.45, 7) is 4.27. The van der Waals surface area contributed by atoms with Crippen LogP contribution in [0.2, 0.25) is 0 Å². The molecule has 1 saturated carbocycles. The summed E-state index contributed by atoms with van der Waals surface area (Å²) in [7, 11) is 0. The Morgan fingerprint density at radius 3 is 2.85 bits per heavy atom. The van der Waals surface area contributed by atoms with E-state index in [2.05, 4.69) is 5.32 Å². The zero-order chi connectivity index (χ0) is 14.7. The first-order chi connectivity index (χ1) is 9.51. The van der Waals surface area contributed by atoms with E-state index in [4.69, 9.17) is 10.5 Å². The summed E-state index contributed by atoms with van der Waals surface area (Å²) in [5, 5.41) is 2.81. The fraction of sp³-hybridized carbons (Fsp3) is 0.571. The number of carbonyl (C=O) groups is 2. The molecule has 0 saturated heterocycles. The van der Waals surface area contributed by atoms with E-state index in [1.165, 1.54) is 0 Å². The van der Waals surface area contributed by atoms with Gasteiger partial charge in [0, 0.05) is 18.8 Å². The van der Waals surface area contributed by atoms with Crippen LogP contribution >= 0.6 is 0 Å². The maximum atomic E-state index is 12.1. The van der Waals surface area contributed by atoms with Gasteiger partial charge in [0.1, 0.15) is 5.69 Å². The third kappa shape index (κ3) is 3.53. The van der Waals surface area contributed by atoms with Crippen molar-refractivity contribution in [1.82, 2.24) is 9.88 Å². The predicted molar refractivity (Wildman–Crippen MR) is 75.2 cm³/mol. The van der Waals surface area contributed by atoms with Crippen LogP contribution in [-0.2, 0) is 16.1 Å². The summed E-state index contributed by atoms with van der Waals surface area (Å²) in [6.07, 6.45) is 3.79. The van der Waals surface area contributed by atoms with Gasteiger partial charge in [-0.1, -0.05) is 6.92 Å². The summed E-state index contributed by atoms with van der Waals surface area (Å²) in [5.41, 5.74) is 6.60. The van der Waals surface area contributed by atoms with Gasteiger partial charge < -0.3 is 20.4 Å². The van der Waals surface area contributed by atoms with E-state index in [0.717, 1.165) is 19.3 Å². The highest BCUT2D eigenvalue weighted by molar-refractivity contribution is 5.92. The summed E-state index contributed by atoms with van der Waals surface area (Å²) in [6, 6.07) is 1.83. The minimum atomic E-state index is -0.797. The van der Waals surface area contributed by atoms with Crippen molar-refractivity contribution >= 4 is 17.6 Å². The molecule has 0 bridgehead atoms. The maximum Gasteiger partial charge on any atom is 0.355 e. The van der Waals surface area contributed by atoms with Gasteiger partial charge in [-0.2, -0.15) is 0 Å². The number of ether oxygens (including phenoxy) is 1. The fourth-order valence-corrected chi connectivity index (χ4v) is 1.95. The molecule has 1 aromatic heterocycles. The van der Waals surface area contributed by atoms with Crippen molar-refractivity contribution in [1.29, 1.82) is 0 Å². The lowest BCUT2D eigenvalue weighted by atomic mass is 10.3. The van der Waals surface area contributed by atoms with Crippen molar-refractivity contribution in [3.8, 4) is 0 Å².